The molecule has 3 aromatic rings. The first-order chi connectivity index (χ1) is 12.9. The summed E-state index contributed by atoms with van der Waals surface area (Å²) in [6.07, 6.45) is 0. The molecule has 0 fully saturated rings. The average molecular weight is 385 g/mol. The summed E-state index contributed by atoms with van der Waals surface area (Å²) in [6.45, 7) is 3.72. The summed E-state index contributed by atoms with van der Waals surface area (Å²) in [5.41, 5.74) is 2.84. The number of benzene rings is 2. The fraction of sp³-hybridized carbons (Fsp3) is 0.150. The Hall–Kier alpha value is -2.99. The van der Waals surface area contributed by atoms with Gasteiger partial charge >= 0.3 is 0 Å². The molecule has 1 heterocycles. The normalized spacial score (nSPS) is 10.5. The fourth-order valence-electron chi connectivity index (χ4n) is 2.51. The van der Waals surface area contributed by atoms with Gasteiger partial charge in [-0.15, -0.1) is 0 Å². The molecule has 2 N–H and O–H groups in total. The zero-order chi connectivity index (χ0) is 19.4. The van der Waals surface area contributed by atoms with Gasteiger partial charge in [-0.2, -0.15) is 0 Å². The van der Waals surface area contributed by atoms with Crippen LogP contribution in [0.1, 0.15) is 27.3 Å². The number of amides is 1. The van der Waals surface area contributed by atoms with Crippen LogP contribution in [0.15, 0.2) is 48.5 Å². The number of nitrogens with one attached hydrogen (secondary N) is 2. The van der Waals surface area contributed by atoms with Crippen LogP contribution in [0.4, 0.5) is 16.0 Å². The number of hydrogen-bond acceptors (Lipinski definition) is 4. The molecule has 7 heteroatoms. The smallest absolute Gasteiger partial charge is 0.270 e. The minimum Gasteiger partial charge on any atom is -0.347 e. The minimum atomic E-state index is -0.408. The summed E-state index contributed by atoms with van der Waals surface area (Å²) in [4.78, 5) is 21.0. The van der Waals surface area contributed by atoms with Gasteiger partial charge in [0.25, 0.3) is 5.91 Å². The second-order valence-electron chi connectivity index (χ2n) is 6.03. The molecule has 0 radical (unpaired) electrons. The third-order valence-electron chi connectivity index (χ3n) is 4.00. The number of halogens is 2. The lowest BCUT2D eigenvalue weighted by molar-refractivity contribution is 0.0945. The van der Waals surface area contributed by atoms with Crippen LogP contribution in [-0.4, -0.2) is 15.9 Å². The Kier molecular flexibility index (Phi) is 5.66. The molecule has 1 amide bonds. The lowest BCUT2D eigenvalue weighted by atomic mass is 10.2. The fourth-order valence-corrected chi connectivity index (χ4v) is 2.69. The third kappa shape index (κ3) is 4.60. The maximum atomic E-state index is 13.7. The van der Waals surface area contributed by atoms with Gasteiger partial charge < -0.3 is 10.6 Å². The molecule has 0 aliphatic heterocycles. The van der Waals surface area contributed by atoms with Gasteiger partial charge in [0.05, 0.1) is 0 Å². The zero-order valence-electron chi connectivity index (χ0n) is 14.9. The lowest BCUT2D eigenvalue weighted by Gasteiger charge is -2.11. The number of carbonyl (C=O) groups is 1. The monoisotopic (exact) mass is 384 g/mol. The molecule has 0 aliphatic carbocycles. The molecule has 0 saturated carbocycles. The second kappa shape index (κ2) is 8.14. The maximum Gasteiger partial charge on any atom is 0.270 e. The van der Waals surface area contributed by atoms with Crippen LogP contribution < -0.4 is 10.6 Å². The second-order valence-corrected chi connectivity index (χ2v) is 6.44. The quantitative estimate of drug-likeness (QED) is 0.676. The van der Waals surface area contributed by atoms with Crippen LogP contribution in [0.5, 0.6) is 0 Å². The highest BCUT2D eigenvalue weighted by Crippen LogP contribution is 2.25. The Bertz CT molecular complexity index is 993. The van der Waals surface area contributed by atoms with E-state index >= 15 is 0 Å². The number of nitrogens with zero attached hydrogens (tertiary/aromatic N) is 2. The summed E-state index contributed by atoms with van der Waals surface area (Å²) in [5, 5.41) is 6.38. The summed E-state index contributed by atoms with van der Waals surface area (Å²) in [6, 6.07) is 13.3. The molecule has 0 aliphatic rings. The molecule has 138 valence electrons. The third-order valence-corrected chi connectivity index (χ3v) is 4.41. The van der Waals surface area contributed by atoms with Crippen molar-refractivity contribution >= 4 is 29.1 Å². The highest BCUT2D eigenvalue weighted by atomic mass is 35.5. The molecule has 0 atom stereocenters. The number of aromatic nitrogens is 2. The molecule has 2 aromatic carbocycles. The molecule has 0 spiro atoms. The van der Waals surface area contributed by atoms with Crippen LogP contribution in [0.3, 0.4) is 0 Å². The Morgan fingerprint density at radius 3 is 2.67 bits per heavy atom. The molecule has 0 saturated heterocycles. The summed E-state index contributed by atoms with van der Waals surface area (Å²) in [7, 11) is 0. The van der Waals surface area contributed by atoms with E-state index in [0.717, 1.165) is 11.3 Å². The topological polar surface area (TPSA) is 66.9 Å². The van der Waals surface area contributed by atoms with E-state index in [1.165, 1.54) is 6.07 Å². The van der Waals surface area contributed by atoms with E-state index in [0.29, 0.717) is 16.3 Å². The summed E-state index contributed by atoms with van der Waals surface area (Å²) >= 11 is 6.13. The van der Waals surface area contributed by atoms with Crippen molar-refractivity contribution in [3.63, 3.8) is 0 Å². The van der Waals surface area contributed by atoms with Crippen LogP contribution in [0.2, 0.25) is 5.02 Å². The molecule has 1 aromatic heterocycles. The summed E-state index contributed by atoms with van der Waals surface area (Å²) in [5.74, 6) is -0.485. The Morgan fingerprint density at radius 2 is 1.89 bits per heavy atom. The van der Waals surface area contributed by atoms with Crippen molar-refractivity contribution in [1.82, 2.24) is 15.3 Å². The van der Waals surface area contributed by atoms with Crippen molar-refractivity contribution < 1.29 is 9.18 Å². The Labute approximate surface area is 161 Å². The zero-order valence-corrected chi connectivity index (χ0v) is 15.6. The van der Waals surface area contributed by atoms with Crippen molar-refractivity contribution in [3.05, 3.63) is 81.9 Å². The van der Waals surface area contributed by atoms with Gasteiger partial charge in [0.2, 0.25) is 5.95 Å². The molecule has 5 nitrogen and oxygen atoms in total. The van der Waals surface area contributed by atoms with Crippen molar-refractivity contribution in [1.29, 1.82) is 0 Å². The number of rotatable bonds is 5. The van der Waals surface area contributed by atoms with E-state index < -0.39 is 5.91 Å². The predicted molar refractivity (Wildman–Crippen MR) is 104 cm³/mol. The van der Waals surface area contributed by atoms with E-state index in [2.05, 4.69) is 20.6 Å². The van der Waals surface area contributed by atoms with Gasteiger partial charge in [-0.05, 0) is 43.7 Å². The lowest BCUT2D eigenvalue weighted by Crippen LogP contribution is -2.25. The highest BCUT2D eigenvalue weighted by Gasteiger charge is 2.12. The molecule has 3 rings (SSSR count). The molecule has 0 bridgehead atoms. The molecule has 0 unspecified atom stereocenters. The number of aryl methyl sites for hydroxylation is 1. The molecular weight excluding hydrogens is 367 g/mol. The average Bonchev–Trinajstić information content (AvgIpc) is 2.64. The van der Waals surface area contributed by atoms with Crippen LogP contribution in [0, 0.1) is 19.7 Å². The highest BCUT2D eigenvalue weighted by molar-refractivity contribution is 6.31. The van der Waals surface area contributed by atoms with E-state index in [1.807, 2.05) is 19.1 Å². The van der Waals surface area contributed by atoms with E-state index in [-0.39, 0.29) is 24.0 Å². The van der Waals surface area contributed by atoms with Crippen molar-refractivity contribution in [2.75, 3.05) is 5.32 Å². The largest absolute Gasteiger partial charge is 0.347 e. The first kappa shape index (κ1) is 18.8. The number of anilines is 2. The van der Waals surface area contributed by atoms with Gasteiger partial charge in [0.15, 0.2) is 0 Å². The van der Waals surface area contributed by atoms with Gasteiger partial charge in [-0.25, -0.2) is 14.4 Å². The van der Waals surface area contributed by atoms with Gasteiger partial charge in [0, 0.05) is 28.5 Å². The minimum absolute atomic E-state index is 0.0741. The first-order valence-corrected chi connectivity index (χ1v) is 8.71. The summed E-state index contributed by atoms with van der Waals surface area (Å²) < 4.78 is 13.7. The van der Waals surface area contributed by atoms with E-state index in [9.17, 15) is 9.18 Å². The first-order valence-electron chi connectivity index (χ1n) is 8.33. The van der Waals surface area contributed by atoms with Gasteiger partial charge in [0.1, 0.15) is 11.5 Å². The van der Waals surface area contributed by atoms with Gasteiger partial charge in [-0.1, -0.05) is 35.9 Å². The van der Waals surface area contributed by atoms with Crippen molar-refractivity contribution in [2.45, 2.75) is 20.4 Å². The van der Waals surface area contributed by atoms with Crippen LogP contribution >= 0.6 is 11.6 Å². The van der Waals surface area contributed by atoms with E-state index in [4.69, 9.17) is 11.6 Å². The maximum absolute atomic E-state index is 13.7. The standard InChI is InChI=1S/C20H18ClFN4O/c1-12-10-18(19(27)23-11-14-6-3-4-8-16(14)22)26-20(24-12)25-17-9-5-7-15(21)13(17)2/h3-10H,11H2,1-2H3,(H,23,27)(H,24,25,26). The molecule has 27 heavy (non-hydrogen) atoms. The van der Waals surface area contributed by atoms with Crippen molar-refractivity contribution in [2.24, 2.45) is 0 Å². The number of hydrogen-bond donors (Lipinski definition) is 2. The van der Waals surface area contributed by atoms with Crippen molar-refractivity contribution in [3.8, 4) is 0 Å². The number of carbonyl (C=O) groups excluding carboxylic acids is 1. The van der Waals surface area contributed by atoms with E-state index in [1.54, 1.807) is 37.3 Å². The SMILES string of the molecule is Cc1cc(C(=O)NCc2ccccc2F)nc(Nc2cccc(Cl)c2C)n1. The van der Waals surface area contributed by atoms with Crippen LogP contribution in [0.25, 0.3) is 0 Å². The van der Waals surface area contributed by atoms with Gasteiger partial charge in [-0.3, -0.25) is 4.79 Å². The molecular formula is C20H18ClFN4O. The Balaban J connectivity index is 1.77. The Morgan fingerprint density at radius 1 is 1.11 bits per heavy atom. The predicted octanol–water partition coefficient (Wildman–Crippen LogP) is 4.56. The van der Waals surface area contributed by atoms with Crippen LogP contribution in [-0.2, 0) is 6.54 Å².